The van der Waals surface area contributed by atoms with Crippen LogP contribution in [0, 0.1) is 11.7 Å². The summed E-state index contributed by atoms with van der Waals surface area (Å²) in [5.41, 5.74) is 0. The van der Waals surface area contributed by atoms with Crippen LogP contribution in [-0.2, 0) is 14.8 Å². The van der Waals surface area contributed by atoms with E-state index < -0.39 is 26.8 Å². The number of hydrogen-bond donors (Lipinski definition) is 1. The van der Waals surface area contributed by atoms with Crippen LogP contribution in [0.25, 0.3) is 0 Å². The van der Waals surface area contributed by atoms with Crippen molar-refractivity contribution in [1.29, 1.82) is 0 Å². The molecule has 1 aromatic rings. The molecule has 0 bridgehead atoms. The number of carbonyl (C=O) groups is 1. The van der Waals surface area contributed by atoms with E-state index in [1.807, 2.05) is 0 Å². The molecule has 1 N–H and O–H groups in total. The largest absolute Gasteiger partial charge is 0.481 e. The van der Waals surface area contributed by atoms with E-state index in [4.69, 9.17) is 5.11 Å². The summed E-state index contributed by atoms with van der Waals surface area (Å²) in [6.07, 6.45) is 2.25. The van der Waals surface area contributed by atoms with Gasteiger partial charge in [0.15, 0.2) is 5.82 Å². The lowest BCUT2D eigenvalue weighted by molar-refractivity contribution is -0.137. The van der Waals surface area contributed by atoms with Crippen LogP contribution in [0.3, 0.4) is 0 Å². The third-order valence-corrected chi connectivity index (χ3v) is 5.12. The van der Waals surface area contributed by atoms with E-state index in [1.54, 1.807) is 0 Å². The molecule has 1 atom stereocenters. The van der Waals surface area contributed by atoms with Gasteiger partial charge < -0.3 is 5.11 Å². The van der Waals surface area contributed by atoms with Crippen molar-refractivity contribution in [2.75, 3.05) is 13.1 Å². The van der Waals surface area contributed by atoms with E-state index in [2.05, 4.69) is 4.98 Å². The fourth-order valence-electron chi connectivity index (χ4n) is 2.26. The Labute approximate surface area is 116 Å². The van der Waals surface area contributed by atoms with E-state index in [0.717, 1.165) is 6.07 Å². The van der Waals surface area contributed by atoms with Crippen molar-refractivity contribution >= 4 is 16.0 Å². The SMILES string of the molecule is O=C(O)CCC1CCN(S(=O)(=O)c2ncccc2F)C1. The van der Waals surface area contributed by atoms with Gasteiger partial charge in [0.2, 0.25) is 5.03 Å². The highest BCUT2D eigenvalue weighted by Gasteiger charge is 2.34. The maximum atomic E-state index is 13.5. The van der Waals surface area contributed by atoms with Crippen molar-refractivity contribution in [3.05, 3.63) is 24.1 Å². The summed E-state index contributed by atoms with van der Waals surface area (Å²) in [5.74, 6) is -1.78. The molecule has 0 radical (unpaired) electrons. The van der Waals surface area contributed by atoms with E-state index in [1.165, 1.54) is 16.6 Å². The zero-order valence-corrected chi connectivity index (χ0v) is 11.5. The number of halogens is 1. The minimum atomic E-state index is -3.94. The van der Waals surface area contributed by atoms with Crippen molar-refractivity contribution in [1.82, 2.24) is 9.29 Å². The Hall–Kier alpha value is -1.54. The summed E-state index contributed by atoms with van der Waals surface area (Å²) in [6, 6.07) is 2.38. The molecule has 110 valence electrons. The van der Waals surface area contributed by atoms with Crippen LogP contribution in [0.4, 0.5) is 4.39 Å². The molecule has 0 aromatic carbocycles. The molecule has 0 aliphatic carbocycles. The van der Waals surface area contributed by atoms with Gasteiger partial charge in [-0.2, -0.15) is 4.31 Å². The van der Waals surface area contributed by atoms with Crippen LogP contribution < -0.4 is 0 Å². The normalized spacial score (nSPS) is 20.1. The second-order valence-electron chi connectivity index (χ2n) is 4.74. The van der Waals surface area contributed by atoms with E-state index in [0.29, 0.717) is 12.8 Å². The highest BCUT2D eigenvalue weighted by atomic mass is 32.2. The number of aliphatic carboxylic acids is 1. The van der Waals surface area contributed by atoms with E-state index in [-0.39, 0.29) is 25.4 Å². The van der Waals surface area contributed by atoms with Gasteiger partial charge in [-0.15, -0.1) is 0 Å². The molecule has 0 spiro atoms. The molecule has 0 saturated carbocycles. The lowest BCUT2D eigenvalue weighted by Crippen LogP contribution is -2.30. The van der Waals surface area contributed by atoms with Crippen molar-refractivity contribution in [3.63, 3.8) is 0 Å². The van der Waals surface area contributed by atoms with Gasteiger partial charge in [0.25, 0.3) is 10.0 Å². The monoisotopic (exact) mass is 302 g/mol. The molecule has 8 heteroatoms. The first-order valence-electron chi connectivity index (χ1n) is 6.23. The van der Waals surface area contributed by atoms with Gasteiger partial charge in [-0.1, -0.05) is 0 Å². The van der Waals surface area contributed by atoms with E-state index in [9.17, 15) is 17.6 Å². The molecule has 0 amide bonds. The Morgan fingerprint density at radius 3 is 2.95 bits per heavy atom. The first kappa shape index (κ1) is 14.9. The first-order chi connectivity index (χ1) is 9.41. The average Bonchev–Trinajstić information content (AvgIpc) is 2.86. The van der Waals surface area contributed by atoms with Crippen LogP contribution in [0.15, 0.2) is 23.4 Å². The van der Waals surface area contributed by atoms with Crippen LogP contribution in [0.2, 0.25) is 0 Å². The Kier molecular flexibility index (Phi) is 4.34. The smallest absolute Gasteiger partial charge is 0.303 e. The molecule has 1 aliphatic heterocycles. The summed E-state index contributed by atoms with van der Waals surface area (Å²) >= 11 is 0. The Morgan fingerprint density at radius 1 is 1.55 bits per heavy atom. The minimum absolute atomic E-state index is 0.00681. The van der Waals surface area contributed by atoms with Crippen LogP contribution in [0.5, 0.6) is 0 Å². The zero-order valence-electron chi connectivity index (χ0n) is 10.7. The van der Waals surface area contributed by atoms with Crippen molar-refractivity contribution in [3.8, 4) is 0 Å². The molecule has 6 nitrogen and oxygen atoms in total. The molecule has 2 rings (SSSR count). The number of nitrogens with zero attached hydrogens (tertiary/aromatic N) is 2. The maximum absolute atomic E-state index is 13.5. The quantitative estimate of drug-likeness (QED) is 0.880. The third-order valence-electron chi connectivity index (χ3n) is 3.32. The summed E-state index contributed by atoms with van der Waals surface area (Å²) in [7, 11) is -3.94. The second kappa shape index (κ2) is 5.84. The number of pyridine rings is 1. The molecule has 2 heterocycles. The second-order valence-corrected chi connectivity index (χ2v) is 6.59. The lowest BCUT2D eigenvalue weighted by atomic mass is 10.0. The van der Waals surface area contributed by atoms with Gasteiger partial charge in [-0.25, -0.2) is 17.8 Å². The fourth-order valence-corrected chi connectivity index (χ4v) is 3.77. The molecule has 1 fully saturated rings. The van der Waals surface area contributed by atoms with Crippen molar-refractivity contribution in [2.24, 2.45) is 5.92 Å². The number of sulfonamides is 1. The molecule has 20 heavy (non-hydrogen) atoms. The maximum Gasteiger partial charge on any atom is 0.303 e. The standard InChI is InChI=1S/C12H15FN2O4S/c13-10-2-1-6-14-12(10)20(18,19)15-7-5-9(8-15)3-4-11(16)17/h1-2,6,9H,3-5,7-8H2,(H,16,17). The molecule has 1 aliphatic rings. The Balaban J connectivity index is 2.09. The fraction of sp³-hybridized carbons (Fsp3) is 0.500. The third kappa shape index (κ3) is 3.13. The molecule has 1 unspecified atom stereocenters. The number of hydrogen-bond acceptors (Lipinski definition) is 4. The topological polar surface area (TPSA) is 87.6 Å². The molecule has 1 saturated heterocycles. The lowest BCUT2D eigenvalue weighted by Gasteiger charge is -2.16. The number of carboxylic acids is 1. The van der Waals surface area contributed by atoms with Gasteiger partial charge in [0.05, 0.1) is 0 Å². The number of carboxylic acid groups (broad SMARTS) is 1. The predicted molar refractivity (Wildman–Crippen MR) is 67.9 cm³/mol. The Bertz CT molecular complexity index is 605. The van der Waals surface area contributed by atoms with Crippen LogP contribution in [0.1, 0.15) is 19.3 Å². The van der Waals surface area contributed by atoms with Crippen molar-refractivity contribution < 1.29 is 22.7 Å². The number of rotatable bonds is 5. The van der Waals surface area contributed by atoms with Gasteiger partial charge in [-0.3, -0.25) is 4.79 Å². The zero-order chi connectivity index (χ0) is 14.8. The minimum Gasteiger partial charge on any atom is -0.481 e. The van der Waals surface area contributed by atoms with Crippen LogP contribution >= 0.6 is 0 Å². The molecular formula is C12H15FN2O4S. The van der Waals surface area contributed by atoms with Gasteiger partial charge >= 0.3 is 5.97 Å². The first-order valence-corrected chi connectivity index (χ1v) is 7.67. The summed E-state index contributed by atoms with van der Waals surface area (Å²) in [4.78, 5) is 14.1. The van der Waals surface area contributed by atoms with Gasteiger partial charge in [-0.05, 0) is 30.9 Å². The molecular weight excluding hydrogens is 287 g/mol. The Morgan fingerprint density at radius 2 is 2.30 bits per heavy atom. The van der Waals surface area contributed by atoms with Crippen molar-refractivity contribution in [2.45, 2.75) is 24.3 Å². The summed E-state index contributed by atoms with van der Waals surface area (Å²) in [5, 5.41) is 8.05. The van der Waals surface area contributed by atoms with Crippen LogP contribution in [-0.4, -0.2) is 41.9 Å². The number of aromatic nitrogens is 1. The predicted octanol–water partition coefficient (Wildman–Crippen LogP) is 1.10. The van der Waals surface area contributed by atoms with E-state index >= 15 is 0 Å². The van der Waals surface area contributed by atoms with Gasteiger partial charge in [0, 0.05) is 25.7 Å². The summed E-state index contributed by atoms with van der Waals surface area (Å²) < 4.78 is 39.2. The average molecular weight is 302 g/mol. The van der Waals surface area contributed by atoms with Gasteiger partial charge in [0.1, 0.15) is 0 Å². The highest BCUT2D eigenvalue weighted by Crippen LogP contribution is 2.27. The summed E-state index contributed by atoms with van der Waals surface area (Å²) in [6.45, 7) is 0.480. The highest BCUT2D eigenvalue weighted by molar-refractivity contribution is 7.89. The molecule has 1 aromatic heterocycles.